The Morgan fingerprint density at radius 1 is 1.88 bits per heavy atom. The van der Waals surface area contributed by atoms with Crippen molar-refractivity contribution in [2.24, 2.45) is 0 Å². The second-order valence-corrected chi connectivity index (χ2v) is 1.36. The monoisotopic (exact) mass is 117 g/mol. The van der Waals surface area contributed by atoms with Gasteiger partial charge in [0.25, 0.3) is 0 Å². The molecule has 0 spiro atoms. The number of carbonyl (C=O) groups is 1. The Bertz CT molecular complexity index is 82.6. The van der Waals surface area contributed by atoms with Gasteiger partial charge >= 0.3 is 5.97 Å². The van der Waals surface area contributed by atoms with Gasteiger partial charge in [0.2, 0.25) is 0 Å². The van der Waals surface area contributed by atoms with Crippen LogP contribution in [0.1, 0.15) is 0 Å². The maximum atomic E-state index is 9.94. The van der Waals surface area contributed by atoms with E-state index in [-0.39, 0.29) is 6.61 Å². The predicted octanol–water partition coefficient (Wildman–Crippen LogP) is -2.43. The second-order valence-electron chi connectivity index (χ2n) is 1.36. The fourth-order valence-electron chi connectivity index (χ4n) is 0.293. The molecular weight excluding hydrogens is 109 g/mol. The van der Waals surface area contributed by atoms with Gasteiger partial charge in [0.1, 0.15) is 6.04 Å². The molecule has 0 rings (SSSR count). The third-order valence-electron chi connectivity index (χ3n) is 0.829. The summed E-state index contributed by atoms with van der Waals surface area (Å²) < 4.78 is 0. The van der Waals surface area contributed by atoms with Gasteiger partial charge in [-0.05, 0) is 0 Å². The molecule has 0 fully saturated rings. The fraction of sp³-hybridized carbons (Fsp3) is 0.667. The van der Waals surface area contributed by atoms with E-state index < -0.39 is 12.0 Å². The molecule has 0 aliphatic carbocycles. The van der Waals surface area contributed by atoms with E-state index in [1.54, 1.807) is 0 Å². The molecule has 1 atom stereocenters. The Hall–Kier alpha value is -0.545. The molecule has 0 amide bonds. The highest BCUT2D eigenvalue weighted by atomic mass is 16.4. The summed E-state index contributed by atoms with van der Waals surface area (Å²) in [6.45, 7) is -0.369. The Labute approximate surface area is 47.9 Å². The van der Waals surface area contributed by atoms with Crippen molar-refractivity contribution in [1.82, 2.24) is 5.23 Å². The van der Waals surface area contributed by atoms with Gasteiger partial charge < -0.3 is 15.4 Å². The minimum absolute atomic E-state index is 0.369. The van der Waals surface area contributed by atoms with Crippen LogP contribution in [0.5, 0.6) is 0 Å². The molecule has 0 aromatic rings. The molecule has 0 unspecified atom stereocenters. The van der Waals surface area contributed by atoms with Crippen LogP contribution in [0.15, 0.2) is 0 Å². The molecule has 0 bridgehead atoms. The van der Waals surface area contributed by atoms with E-state index in [1.807, 2.05) is 0 Å². The fourth-order valence-corrected chi connectivity index (χ4v) is 0.293. The van der Waals surface area contributed by atoms with Crippen LogP contribution in [-0.4, -0.2) is 36.8 Å². The third kappa shape index (κ3) is 1.95. The third-order valence-corrected chi connectivity index (χ3v) is 0.829. The van der Waals surface area contributed by atoms with E-state index in [1.165, 1.54) is 7.98 Å². The smallest absolute Gasteiger partial charge is 0.322 e. The van der Waals surface area contributed by atoms with Gasteiger partial charge in [-0.2, -0.15) is 0 Å². The van der Waals surface area contributed by atoms with Gasteiger partial charge in [0.15, 0.2) is 7.98 Å². The van der Waals surface area contributed by atoms with Crippen LogP contribution in [0, 0.1) is 0 Å². The van der Waals surface area contributed by atoms with E-state index in [0.29, 0.717) is 0 Å². The molecule has 0 saturated carbocycles. The van der Waals surface area contributed by atoms with Crippen LogP contribution in [0.3, 0.4) is 0 Å². The second kappa shape index (κ2) is 3.46. The summed E-state index contributed by atoms with van der Waals surface area (Å²) in [5, 5.41) is 18.8. The van der Waals surface area contributed by atoms with E-state index in [0.717, 1.165) is 0 Å². The molecule has 46 valence electrons. The van der Waals surface area contributed by atoms with E-state index in [2.05, 4.69) is 5.23 Å². The van der Waals surface area contributed by atoms with Crippen LogP contribution in [0.2, 0.25) is 0 Å². The molecular formula is C3H8BNO3. The molecule has 0 aliphatic heterocycles. The maximum Gasteiger partial charge on any atom is 0.322 e. The van der Waals surface area contributed by atoms with Crippen LogP contribution in [-0.2, 0) is 4.79 Å². The van der Waals surface area contributed by atoms with Crippen molar-refractivity contribution in [2.75, 3.05) is 6.61 Å². The van der Waals surface area contributed by atoms with Gasteiger partial charge in [-0.1, -0.05) is 0 Å². The summed E-state index contributed by atoms with van der Waals surface area (Å²) in [5.41, 5.74) is 0. The van der Waals surface area contributed by atoms with Gasteiger partial charge in [-0.15, -0.1) is 0 Å². The Morgan fingerprint density at radius 2 is 2.38 bits per heavy atom. The minimum Gasteiger partial charge on any atom is -0.480 e. The van der Waals surface area contributed by atoms with Crippen molar-refractivity contribution in [3.8, 4) is 0 Å². The number of aliphatic carboxylic acids is 1. The van der Waals surface area contributed by atoms with E-state index in [4.69, 9.17) is 10.2 Å². The number of carboxylic acids is 1. The summed E-state index contributed by atoms with van der Waals surface area (Å²) in [7, 11) is 1.48. The predicted molar refractivity (Wildman–Crippen MR) is 30.2 cm³/mol. The number of nitrogens with one attached hydrogen (secondary N) is 1. The standard InChI is InChI=1S/C3H8BNO3/c4-5-2(1-6)3(7)8/h2,5-6H,1,4H2,(H,7,8)/t2-/m0/s1. The lowest BCUT2D eigenvalue weighted by atomic mass is 10.2. The van der Waals surface area contributed by atoms with Crippen molar-refractivity contribution in [3.05, 3.63) is 0 Å². The summed E-state index contributed by atoms with van der Waals surface area (Å²) >= 11 is 0. The van der Waals surface area contributed by atoms with Crippen molar-refractivity contribution < 1.29 is 15.0 Å². The molecule has 0 aliphatic rings. The molecule has 0 heterocycles. The van der Waals surface area contributed by atoms with Crippen molar-refractivity contribution in [3.63, 3.8) is 0 Å². The number of aliphatic hydroxyl groups is 1. The topological polar surface area (TPSA) is 69.6 Å². The normalized spacial score (nSPS) is 13.1. The van der Waals surface area contributed by atoms with Crippen LogP contribution in [0.25, 0.3) is 0 Å². The summed E-state index contributed by atoms with van der Waals surface area (Å²) in [5.74, 6) is -1.03. The first-order valence-electron chi connectivity index (χ1n) is 2.23. The minimum atomic E-state index is -1.03. The molecule has 5 heteroatoms. The SMILES string of the molecule is BN[C@@H](CO)C(=O)O. The molecule has 0 saturated heterocycles. The average molecular weight is 117 g/mol. The van der Waals surface area contributed by atoms with E-state index >= 15 is 0 Å². The van der Waals surface area contributed by atoms with Gasteiger partial charge in [0.05, 0.1) is 6.61 Å². The van der Waals surface area contributed by atoms with Crippen LogP contribution in [0.4, 0.5) is 0 Å². The number of carboxylic acid groups (broad SMARTS) is 1. The zero-order valence-corrected chi connectivity index (χ0v) is 4.59. The summed E-state index contributed by atoms with van der Waals surface area (Å²) in [6, 6.07) is -0.824. The lowest BCUT2D eigenvalue weighted by Gasteiger charge is -2.04. The van der Waals surface area contributed by atoms with Gasteiger partial charge in [0, 0.05) is 0 Å². The Kier molecular flexibility index (Phi) is 3.22. The molecule has 8 heavy (non-hydrogen) atoms. The number of hydrogen-bond donors (Lipinski definition) is 3. The van der Waals surface area contributed by atoms with E-state index in [9.17, 15) is 4.79 Å². The number of rotatable bonds is 3. The quantitative estimate of drug-likeness (QED) is 0.359. The first-order chi connectivity index (χ1) is 3.72. The molecule has 0 radical (unpaired) electrons. The number of hydrogen-bond acceptors (Lipinski definition) is 3. The lowest BCUT2D eigenvalue weighted by molar-refractivity contribution is -0.139. The van der Waals surface area contributed by atoms with Crippen molar-refractivity contribution >= 4 is 14.0 Å². The van der Waals surface area contributed by atoms with Crippen LogP contribution < -0.4 is 5.23 Å². The van der Waals surface area contributed by atoms with Crippen LogP contribution >= 0.6 is 0 Å². The largest absolute Gasteiger partial charge is 0.480 e. The lowest BCUT2D eigenvalue weighted by Crippen LogP contribution is -2.37. The number of aliphatic hydroxyl groups excluding tert-OH is 1. The zero-order chi connectivity index (χ0) is 6.57. The highest BCUT2D eigenvalue weighted by molar-refractivity contribution is 6.06. The van der Waals surface area contributed by atoms with Crippen molar-refractivity contribution in [2.45, 2.75) is 6.04 Å². The molecule has 0 aromatic carbocycles. The molecule has 0 aromatic heterocycles. The molecule has 4 nitrogen and oxygen atoms in total. The van der Waals surface area contributed by atoms with Gasteiger partial charge in [-0.25, -0.2) is 0 Å². The Balaban J connectivity index is 3.52. The summed E-state index contributed by atoms with van der Waals surface area (Å²) in [6.07, 6.45) is 0. The first-order valence-corrected chi connectivity index (χ1v) is 2.23. The summed E-state index contributed by atoms with van der Waals surface area (Å²) in [4.78, 5) is 9.94. The average Bonchev–Trinajstić information content (AvgIpc) is 1.69. The van der Waals surface area contributed by atoms with Gasteiger partial charge in [-0.3, -0.25) is 4.79 Å². The molecule has 3 N–H and O–H groups in total. The van der Waals surface area contributed by atoms with Crippen molar-refractivity contribution in [1.29, 1.82) is 0 Å². The Morgan fingerprint density at radius 3 is 2.38 bits per heavy atom. The zero-order valence-electron chi connectivity index (χ0n) is 4.59. The highest BCUT2D eigenvalue weighted by Gasteiger charge is 2.10. The first kappa shape index (κ1) is 7.45. The maximum absolute atomic E-state index is 9.94. The highest BCUT2D eigenvalue weighted by Crippen LogP contribution is 1.76.